The van der Waals surface area contributed by atoms with Crippen LogP contribution in [0.3, 0.4) is 0 Å². The van der Waals surface area contributed by atoms with E-state index in [2.05, 4.69) is 31.6 Å². The fourth-order valence-corrected chi connectivity index (χ4v) is 9.65. The Morgan fingerprint density at radius 1 is 0.823 bits per heavy atom. The van der Waals surface area contributed by atoms with Gasteiger partial charge in [0.1, 0.15) is 59.1 Å². The molecule has 0 aliphatic carbocycles. The Labute approximate surface area is 454 Å². The molecule has 5 aromatic rings. The fourth-order valence-electron chi connectivity index (χ4n) is 9.65. The number of ether oxygens (including phenoxy) is 5. The van der Waals surface area contributed by atoms with Crippen LogP contribution in [0.4, 0.5) is 16.2 Å². The Balaban J connectivity index is 0.831. The molecule has 3 aliphatic rings. The molecule has 4 aromatic carbocycles. The van der Waals surface area contributed by atoms with Gasteiger partial charge in [-0.2, -0.15) is 0 Å². The van der Waals surface area contributed by atoms with Gasteiger partial charge in [0.15, 0.2) is 17.9 Å². The van der Waals surface area contributed by atoms with Gasteiger partial charge in [-0.1, -0.05) is 23.4 Å². The van der Waals surface area contributed by atoms with E-state index in [0.29, 0.717) is 64.8 Å². The van der Waals surface area contributed by atoms with Gasteiger partial charge < -0.3 is 80.1 Å². The number of quaternary nitrogens is 1. The molecular formula is C55H67N8O16+. The number of hydrogen-bond donors (Lipinski definition) is 10. The summed E-state index contributed by atoms with van der Waals surface area (Å²) >= 11 is 0. The van der Waals surface area contributed by atoms with Gasteiger partial charge in [0, 0.05) is 65.8 Å². The van der Waals surface area contributed by atoms with Gasteiger partial charge in [-0.25, -0.2) is 9.59 Å². The predicted octanol–water partition coefficient (Wildman–Crippen LogP) is 2.69. The number of carbonyl (C=O) groups is 5. The average molecular weight is 1100 g/mol. The number of aliphatic hydroxyl groups excluding tert-OH is 4. The molecule has 422 valence electrons. The highest BCUT2D eigenvalue weighted by molar-refractivity contribution is 6.01. The Kier molecular flexibility index (Phi) is 17.3. The minimum atomic E-state index is -1.53. The Bertz CT molecular complexity index is 2990. The molecule has 0 unspecified atom stereocenters. The molecule has 7 atom stereocenters. The van der Waals surface area contributed by atoms with E-state index in [1.165, 1.54) is 30.3 Å². The fraction of sp³-hybridized carbons (Fsp3) is 0.436. The maximum absolute atomic E-state index is 13.7. The lowest BCUT2D eigenvalue weighted by atomic mass is 9.77. The van der Waals surface area contributed by atoms with Crippen LogP contribution in [0.25, 0.3) is 0 Å². The zero-order chi connectivity index (χ0) is 57.0. The van der Waals surface area contributed by atoms with Crippen molar-refractivity contribution in [2.24, 2.45) is 0 Å². The molecule has 24 heteroatoms. The van der Waals surface area contributed by atoms with Crippen molar-refractivity contribution in [3.63, 3.8) is 0 Å². The lowest BCUT2D eigenvalue weighted by Crippen LogP contribution is -2.59. The largest absolute Gasteiger partial charge is 0.508 e. The van der Waals surface area contributed by atoms with Crippen molar-refractivity contribution in [2.45, 2.75) is 113 Å². The van der Waals surface area contributed by atoms with Gasteiger partial charge in [0.2, 0.25) is 11.8 Å². The number of fused-ring (bicyclic) bond motifs is 6. The number of aromatic hydroxyl groups is 2. The van der Waals surface area contributed by atoms with Crippen LogP contribution in [-0.2, 0) is 58.3 Å². The normalized spacial score (nSPS) is 19.9. The predicted molar refractivity (Wildman–Crippen MR) is 281 cm³/mol. The third-order valence-corrected chi connectivity index (χ3v) is 13.6. The second-order valence-corrected chi connectivity index (χ2v) is 21.6. The van der Waals surface area contributed by atoms with Gasteiger partial charge in [-0.3, -0.25) is 19.1 Å². The van der Waals surface area contributed by atoms with Crippen molar-refractivity contribution in [2.75, 3.05) is 51.5 Å². The molecular weight excluding hydrogens is 1030 g/mol. The van der Waals surface area contributed by atoms with Crippen molar-refractivity contribution in [3.8, 4) is 23.0 Å². The summed E-state index contributed by atoms with van der Waals surface area (Å²) in [5, 5.41) is 79.5. The number of anilines is 2. The lowest BCUT2D eigenvalue weighted by Gasteiger charge is -2.39. The number of benzene rings is 4. The Hall–Kier alpha value is -7.71. The molecule has 24 nitrogen and oxygen atoms in total. The third kappa shape index (κ3) is 13.4. The number of rotatable bonds is 20. The second kappa shape index (κ2) is 23.7. The number of aryl methyl sites for hydroxylation is 1. The van der Waals surface area contributed by atoms with Crippen LogP contribution >= 0.6 is 0 Å². The van der Waals surface area contributed by atoms with Crippen LogP contribution < -0.4 is 26.0 Å². The molecule has 1 aromatic heterocycles. The lowest BCUT2D eigenvalue weighted by molar-refractivity contribution is -0.886. The van der Waals surface area contributed by atoms with Gasteiger partial charge in [-0.15, -0.1) is 5.10 Å². The second-order valence-electron chi connectivity index (χ2n) is 21.6. The number of aromatic nitrogens is 3. The van der Waals surface area contributed by atoms with Gasteiger partial charge in [-0.05, 0) is 94.1 Å². The molecule has 4 heterocycles. The number of phenolic OH excluding ortho intramolecular Hbond substituents is 2. The standard InChI is InChI=1S/C55H66N8O16/c1-54(2,3)79-53(74)59-40(49(71)56-27-45(67)57-32-14-17-37-36(23-32)51(73)78-55(37)38-18-15-34(65)25-42(38)76-43-26-35(66)16-19-39(43)55)24-33-28-62(61-60-33)21-8-7-9-41(63(4,5)6)50(72)58-31-12-10-30(11-13-31)20-22-75-52-48(70)47(69)46(68)44(29-64)77-52/h10-19,23,25-26,28,40-41,44,46-48,52,64,68-70H,7-9,20-22,24,27,29H2,1-6H3,(H5-,56,57,58,59,65,66,67,71,72,74)/p+1/t40-,41-,44+,46+,47-,48+,52+/m0/s1. The summed E-state index contributed by atoms with van der Waals surface area (Å²) in [7, 11) is 5.82. The van der Waals surface area contributed by atoms with Gasteiger partial charge >= 0.3 is 12.1 Å². The van der Waals surface area contributed by atoms with Crippen LogP contribution in [0.15, 0.2) is 85.1 Å². The Morgan fingerprint density at radius 2 is 1.48 bits per heavy atom. The quantitative estimate of drug-likeness (QED) is 0.0304. The van der Waals surface area contributed by atoms with E-state index in [0.717, 1.165) is 5.56 Å². The molecule has 0 radical (unpaired) electrons. The van der Waals surface area contributed by atoms with Crippen LogP contribution in [-0.4, -0.2) is 169 Å². The first-order valence-corrected chi connectivity index (χ1v) is 25.7. The van der Waals surface area contributed by atoms with Crippen LogP contribution in [0.5, 0.6) is 23.0 Å². The monoisotopic (exact) mass is 1100 g/mol. The number of hydrogen-bond acceptors (Lipinski definition) is 18. The molecule has 0 saturated carbocycles. The molecule has 79 heavy (non-hydrogen) atoms. The summed E-state index contributed by atoms with van der Waals surface area (Å²) in [6.07, 6.45) is -3.92. The average Bonchev–Trinajstić information content (AvgIpc) is 3.96. The van der Waals surface area contributed by atoms with E-state index in [9.17, 15) is 54.6 Å². The first-order chi connectivity index (χ1) is 37.4. The number of nitrogens with zero attached hydrogens (tertiary/aromatic N) is 4. The highest BCUT2D eigenvalue weighted by Gasteiger charge is 2.54. The van der Waals surface area contributed by atoms with E-state index >= 15 is 0 Å². The molecule has 0 bridgehead atoms. The van der Waals surface area contributed by atoms with E-state index in [-0.39, 0.29) is 53.2 Å². The van der Waals surface area contributed by atoms with Crippen molar-refractivity contribution in [3.05, 3.63) is 119 Å². The summed E-state index contributed by atoms with van der Waals surface area (Å²) in [5.41, 5.74) is 1.07. The van der Waals surface area contributed by atoms with Gasteiger partial charge in [0.25, 0.3) is 5.91 Å². The van der Waals surface area contributed by atoms with E-state index < -0.39 is 91.0 Å². The minimum Gasteiger partial charge on any atom is -0.508 e. The molecule has 1 saturated heterocycles. The summed E-state index contributed by atoms with van der Waals surface area (Å²) in [6.45, 7) is 4.47. The van der Waals surface area contributed by atoms with Crippen LogP contribution in [0.1, 0.15) is 78.3 Å². The molecule has 3 aliphatic heterocycles. The maximum atomic E-state index is 13.7. The number of phenols is 2. The number of unbranched alkanes of at least 4 members (excludes halogenated alkanes) is 1. The first-order valence-electron chi connectivity index (χ1n) is 25.7. The van der Waals surface area contributed by atoms with Crippen molar-refractivity contribution >= 4 is 41.2 Å². The third-order valence-electron chi connectivity index (χ3n) is 13.6. The summed E-state index contributed by atoms with van der Waals surface area (Å²) < 4.78 is 30.5. The number of nitrogens with one attached hydrogen (secondary N) is 4. The van der Waals surface area contributed by atoms with E-state index in [4.69, 9.17) is 23.7 Å². The summed E-state index contributed by atoms with van der Waals surface area (Å²) in [4.78, 5) is 67.3. The first kappa shape index (κ1) is 57.5. The summed E-state index contributed by atoms with van der Waals surface area (Å²) in [5.74, 6) is -2.00. The molecule has 1 fully saturated rings. The smallest absolute Gasteiger partial charge is 0.408 e. The molecule has 8 rings (SSSR count). The highest BCUT2D eigenvalue weighted by atomic mass is 16.7. The molecule has 1 spiro atoms. The SMILES string of the molecule is CC(C)(C)OC(=O)N[C@@H](Cc1cn(CCCC[C@@H](C(=O)Nc2ccc(CCO[C@@H]3O[C@H](CO)[C@@H](O)[C@H](O)[C@H]3O)cc2)[N+](C)(C)C)nn1)C(=O)NCC(=O)Nc1ccc2c(c1)C(=O)OC21c2ccc(O)cc2Oc2cc(O)ccc21. The highest BCUT2D eigenvalue weighted by Crippen LogP contribution is 2.57. The van der Waals surface area contributed by atoms with E-state index in [1.54, 1.807) is 68.0 Å². The topological polar surface area (TPSA) is 332 Å². The number of aliphatic hydroxyl groups is 4. The maximum Gasteiger partial charge on any atom is 0.408 e. The minimum absolute atomic E-state index is 0.0898. The van der Waals surface area contributed by atoms with Crippen LogP contribution in [0, 0.1) is 0 Å². The van der Waals surface area contributed by atoms with Gasteiger partial charge in [0.05, 0.1) is 52.2 Å². The number of carbonyl (C=O) groups excluding carboxylic acids is 5. The number of esters is 1. The number of alkyl carbamates (subject to hydrolysis) is 1. The van der Waals surface area contributed by atoms with E-state index in [1.807, 2.05) is 33.3 Å². The Morgan fingerprint density at radius 3 is 2.13 bits per heavy atom. The van der Waals surface area contributed by atoms with Crippen molar-refractivity contribution in [1.82, 2.24) is 25.6 Å². The summed E-state index contributed by atoms with van der Waals surface area (Å²) in [6, 6.07) is 19.0. The number of likely N-dealkylation sites (N-methyl/N-ethyl adjacent to an activating group) is 1. The zero-order valence-corrected chi connectivity index (χ0v) is 44.5. The number of amides is 4. The van der Waals surface area contributed by atoms with Crippen LogP contribution in [0.2, 0.25) is 0 Å². The van der Waals surface area contributed by atoms with Crippen molar-refractivity contribution in [1.29, 1.82) is 0 Å². The zero-order valence-electron chi connectivity index (χ0n) is 44.5. The molecule has 4 amide bonds. The molecule has 10 N–H and O–H groups in total. The van der Waals surface area contributed by atoms with Crippen molar-refractivity contribution < 1.29 is 82.8 Å².